The molecule has 0 N–H and O–H groups in total. The van der Waals surface area contributed by atoms with E-state index in [0.29, 0.717) is 6.07 Å². The van der Waals surface area contributed by atoms with Gasteiger partial charge < -0.3 is 19.1 Å². The molecule has 1 fully saturated rings. The van der Waals surface area contributed by atoms with Crippen LogP contribution >= 0.6 is 11.8 Å². The van der Waals surface area contributed by atoms with Crippen LogP contribution in [0, 0.1) is 18.6 Å². The smallest absolute Gasteiger partial charge is 0.383 e. The predicted octanol–water partition coefficient (Wildman–Crippen LogP) is 8.71. The molecule has 0 radical (unpaired) electrons. The number of aromatic nitrogens is 1. The van der Waals surface area contributed by atoms with Crippen molar-refractivity contribution in [2.75, 3.05) is 33.2 Å². The van der Waals surface area contributed by atoms with E-state index >= 15 is 9.18 Å². The fraction of sp³-hybridized carbons (Fsp3) is 0.317. The number of likely N-dealkylation sites (tertiary alicyclic amines) is 1. The first kappa shape index (κ1) is 20.8. The first-order valence-corrected chi connectivity index (χ1v) is 16.2. The van der Waals surface area contributed by atoms with Gasteiger partial charge in [0.05, 0.1) is 35.0 Å². The van der Waals surface area contributed by atoms with Crippen molar-refractivity contribution >= 4 is 28.6 Å². The van der Waals surface area contributed by atoms with E-state index in [9.17, 15) is 32.0 Å². The zero-order valence-corrected chi connectivity index (χ0v) is 28.4. The number of fused-ring (bicyclic) bond motifs is 1. The number of carbonyl (C=O) groups excluding carboxylic acids is 1. The van der Waals surface area contributed by atoms with E-state index < -0.39 is 161 Å². The molecule has 0 spiro atoms. The van der Waals surface area contributed by atoms with Crippen LogP contribution in [0.25, 0.3) is 22.0 Å². The Balaban J connectivity index is 1.69. The Kier molecular flexibility index (Phi) is 6.54. The number of carbonyl (C=O) groups is 1. The number of benzene rings is 4. The second-order valence-electron chi connectivity index (χ2n) is 11.2. The molecule has 0 atom stereocenters. The Hall–Kier alpha value is -4.52. The van der Waals surface area contributed by atoms with Crippen LogP contribution in [0.4, 0.5) is 22.0 Å². The number of hydrogen-bond acceptors (Lipinski definition) is 5. The van der Waals surface area contributed by atoms with Crippen LogP contribution in [0.15, 0.2) is 101 Å². The van der Waals surface area contributed by atoms with Crippen molar-refractivity contribution in [2.24, 2.45) is 0 Å². The van der Waals surface area contributed by atoms with E-state index in [-0.39, 0.29) is 31.1 Å². The molecule has 1 aliphatic heterocycles. The van der Waals surface area contributed by atoms with Crippen LogP contribution < -0.4 is 5.43 Å². The number of methoxy groups -OCH3 is 1. The van der Waals surface area contributed by atoms with Gasteiger partial charge in [0.2, 0.25) is 5.91 Å². The van der Waals surface area contributed by atoms with Crippen molar-refractivity contribution in [1.82, 2.24) is 14.4 Å². The lowest BCUT2D eigenvalue weighted by molar-refractivity contribution is -0.137. The summed E-state index contributed by atoms with van der Waals surface area (Å²) in [5.41, 5.74) is -8.58. The fourth-order valence-corrected chi connectivity index (χ4v) is 5.63. The second kappa shape index (κ2) is 16.7. The quantitative estimate of drug-likeness (QED) is 0.0940. The number of alkyl halides is 3. The number of rotatable bonds is 12. The SMILES string of the molecule is [2H]c1c(C)c([2H])c2c(=O)c([2H])c(SC([2H])([2H])c3cccc(F)c3F)n(C([2H])([2H])C(=O)N(Cc3ccc(-c4ccc(C(F)(F)F)cc4)cc3)C3([2H])C([2H])([2H])C([2H])([2H])N(CC([2H])([2H])OC)C([2H])([2H])C3([2H])[2H])c2c1[2H]. The Labute approximate surface area is 335 Å². The number of halogens is 5. The first-order valence-electron chi connectivity index (χ1n) is 24.9. The Bertz CT molecular complexity index is 3010. The van der Waals surface area contributed by atoms with Gasteiger partial charge in [0.15, 0.2) is 17.1 Å². The third-order valence-corrected chi connectivity index (χ3v) is 8.35. The van der Waals surface area contributed by atoms with Gasteiger partial charge in [0.1, 0.15) is 6.50 Å². The van der Waals surface area contributed by atoms with Crippen molar-refractivity contribution in [3.63, 3.8) is 0 Å². The zero-order chi connectivity index (χ0) is 54.7. The third kappa shape index (κ3) is 9.17. The third-order valence-electron chi connectivity index (χ3n) is 7.55. The lowest BCUT2D eigenvalue weighted by Gasteiger charge is -2.39. The van der Waals surface area contributed by atoms with E-state index in [2.05, 4.69) is 4.74 Å². The molecule has 2 heterocycles. The molecule has 278 valence electrons. The molecule has 4 aromatic carbocycles. The van der Waals surface area contributed by atoms with Crippen LogP contribution in [-0.4, -0.2) is 59.5 Å². The maximum atomic E-state index is 15.6. The van der Waals surface area contributed by atoms with Crippen LogP contribution in [-0.2, 0) is 34.5 Å². The molecule has 0 saturated carbocycles. The molecule has 53 heavy (non-hydrogen) atoms. The maximum Gasteiger partial charge on any atom is 0.416 e. The van der Waals surface area contributed by atoms with Crippen molar-refractivity contribution in [3.8, 4) is 11.1 Å². The molecular formula is C41H40F5N3O3S. The van der Waals surface area contributed by atoms with E-state index in [0.717, 1.165) is 62.6 Å². The van der Waals surface area contributed by atoms with Gasteiger partial charge in [0, 0.05) is 75.6 Å². The van der Waals surface area contributed by atoms with Crippen LogP contribution in [0.2, 0.25) is 0 Å². The number of hydrogen-bond donors (Lipinski definition) is 0. The fourth-order valence-electron chi connectivity index (χ4n) is 4.89. The van der Waals surface area contributed by atoms with E-state index in [1.54, 1.807) is 0 Å². The Morgan fingerprint density at radius 3 is 2.38 bits per heavy atom. The van der Waals surface area contributed by atoms with E-state index in [4.69, 9.17) is 16.4 Å². The van der Waals surface area contributed by atoms with Crippen molar-refractivity contribution < 1.29 is 57.5 Å². The van der Waals surface area contributed by atoms with Crippen LogP contribution in [0.3, 0.4) is 0 Å². The van der Waals surface area contributed by atoms with Gasteiger partial charge in [0.25, 0.3) is 0 Å². The van der Waals surface area contributed by atoms with Crippen molar-refractivity contribution in [3.05, 3.63) is 135 Å². The van der Waals surface area contributed by atoms with Gasteiger partial charge in [-0.3, -0.25) is 9.59 Å². The van der Waals surface area contributed by atoms with Gasteiger partial charge in [-0.05, 0) is 66.6 Å². The topological polar surface area (TPSA) is 54.8 Å². The molecule has 1 aromatic heterocycles. The zero-order valence-electron chi connectivity index (χ0n) is 46.6. The summed E-state index contributed by atoms with van der Waals surface area (Å²) >= 11 is -0.414. The molecule has 0 unspecified atom stereocenters. The van der Waals surface area contributed by atoms with Gasteiger partial charge in [-0.1, -0.05) is 60.1 Å². The van der Waals surface area contributed by atoms with Gasteiger partial charge in [-0.25, -0.2) is 8.78 Å². The summed E-state index contributed by atoms with van der Waals surface area (Å²) in [5, 5.41) is -2.38. The van der Waals surface area contributed by atoms with Crippen LogP contribution in [0.1, 0.15) is 61.0 Å². The maximum absolute atomic E-state index is 15.6. The minimum absolute atomic E-state index is 0.0767. The minimum atomic E-state index is -4.70. The molecule has 12 heteroatoms. The lowest BCUT2D eigenvalue weighted by Crippen LogP contribution is -2.48. The number of pyridine rings is 1. The number of piperidine rings is 1. The second-order valence-corrected chi connectivity index (χ2v) is 12.0. The van der Waals surface area contributed by atoms with Crippen molar-refractivity contribution in [2.45, 2.75) is 55.6 Å². The molecule has 1 amide bonds. The molecule has 5 aromatic rings. The van der Waals surface area contributed by atoms with E-state index in [1.165, 1.54) is 12.1 Å². The summed E-state index contributed by atoms with van der Waals surface area (Å²) in [7, 11) is 0.769. The molecule has 6 rings (SSSR count). The molecule has 0 aliphatic carbocycles. The largest absolute Gasteiger partial charge is 0.416 e. The Morgan fingerprint density at radius 2 is 1.72 bits per heavy atom. The highest BCUT2D eigenvalue weighted by atomic mass is 32.2. The number of ether oxygens (including phenoxy) is 1. The Morgan fingerprint density at radius 1 is 1.04 bits per heavy atom. The summed E-state index contributed by atoms with van der Waals surface area (Å²) in [5.74, 6) is -5.78. The summed E-state index contributed by atoms with van der Waals surface area (Å²) in [6.45, 7) is -17.4. The molecular weight excluding hydrogens is 710 g/mol. The van der Waals surface area contributed by atoms with Gasteiger partial charge in [-0.15, -0.1) is 11.8 Å². The molecule has 1 saturated heterocycles. The minimum Gasteiger partial charge on any atom is -0.383 e. The first-order chi connectivity index (χ1) is 32.7. The average Bonchev–Trinajstić information content (AvgIpc) is 3.29. The standard InChI is InChI=1S/C41H40F5N3O3S/c1-27-6-15-36-34(22-27)37(50)23-39(53-26-31-4-3-5-35(42)40(31)43)49(36)25-38(51)48(33-16-18-47(19-17-33)20-21-52-2)24-28-7-9-29(10-8-28)30-11-13-32(14-12-30)41(44,45)46/h3-15,22-23,33H,16-21,24-26H2,1-2H3/i6D,15D,16D2,17D2,18D2,19D2,21D2,22D,23D,25D2,26D2,33D. The number of nitrogens with zero attached hydrogens (tertiary/aromatic N) is 3. The van der Waals surface area contributed by atoms with Gasteiger partial charge in [-0.2, -0.15) is 13.2 Å². The van der Waals surface area contributed by atoms with Crippen molar-refractivity contribution in [1.29, 1.82) is 0 Å². The normalized spacial score (nSPS) is 24.6. The summed E-state index contributed by atoms with van der Waals surface area (Å²) in [6, 6.07) is 1.66. The highest BCUT2D eigenvalue weighted by Gasteiger charge is 2.31. The number of thioether (sulfide) groups is 1. The molecule has 6 nitrogen and oxygen atoms in total. The summed E-state index contributed by atoms with van der Waals surface area (Å²) in [4.78, 5) is 29.1. The molecule has 1 aliphatic rings. The number of amides is 1. The van der Waals surface area contributed by atoms with Gasteiger partial charge >= 0.3 is 6.18 Å². The summed E-state index contributed by atoms with van der Waals surface area (Å²) in [6.07, 6.45) is -13.4. The van der Waals surface area contributed by atoms with E-state index in [1.807, 2.05) is 0 Å². The monoisotopic (exact) mass is 768 g/mol. The highest BCUT2D eigenvalue weighted by Crippen LogP contribution is 2.32. The average molecular weight is 769 g/mol. The lowest BCUT2D eigenvalue weighted by atomic mass is 10.00. The highest BCUT2D eigenvalue weighted by molar-refractivity contribution is 7.98. The predicted molar refractivity (Wildman–Crippen MR) is 198 cm³/mol. The summed E-state index contributed by atoms with van der Waals surface area (Å²) < 4.78 is 245. The van der Waals surface area contributed by atoms with Crippen LogP contribution in [0.5, 0.6) is 0 Å². The molecule has 0 bridgehead atoms.